The smallest absolute Gasteiger partial charge is 0.198 e. The first kappa shape index (κ1) is 94.4. The first-order valence-corrected chi connectivity index (χ1v) is 50.4. The molecule has 5 heterocycles. The number of rotatable bonds is 24. The van der Waals surface area contributed by atoms with Gasteiger partial charge in [-0.2, -0.15) is 22.8 Å². The van der Waals surface area contributed by atoms with Crippen molar-refractivity contribution in [2.45, 2.75) is 313 Å². The molecular formula is C127H164N5+5. The summed E-state index contributed by atoms with van der Waals surface area (Å²) in [5.74, 6) is 3.32. The summed E-state index contributed by atoms with van der Waals surface area (Å²) in [6.45, 7) is 61.5. The number of nitrogens with zero attached hydrogens (tertiary/aromatic N) is 5. The van der Waals surface area contributed by atoms with Crippen LogP contribution in [-0.4, -0.2) is 0 Å². The van der Waals surface area contributed by atoms with Gasteiger partial charge in [-0.25, -0.2) is 0 Å². The molecule has 0 aliphatic carbocycles. The van der Waals surface area contributed by atoms with Crippen LogP contribution < -0.4 is 22.8 Å². The number of hydrogen-bond donors (Lipinski definition) is 0. The molecule has 0 saturated carbocycles. The maximum absolute atomic E-state index is 8.83. The van der Waals surface area contributed by atoms with Crippen molar-refractivity contribution >= 4 is 53.9 Å². The molecule has 0 aliphatic heterocycles. The minimum Gasteiger partial charge on any atom is -0.198 e. The van der Waals surface area contributed by atoms with Gasteiger partial charge in [-0.05, 0) is 345 Å². The fraction of sp³-hybridized carbons (Fsp3) is 0.409. The quantitative estimate of drug-likeness (QED) is 0.0537. The number of hydrogen-bond acceptors (Lipinski definition) is 0. The summed E-state index contributed by atoms with van der Waals surface area (Å²) in [7, 11) is 10.5. The first-order valence-electron chi connectivity index (χ1n) is 52.9. The Morgan fingerprint density at radius 3 is 0.803 bits per heavy atom. The maximum atomic E-state index is 8.83. The molecule has 0 radical (unpaired) electrons. The van der Waals surface area contributed by atoms with Crippen LogP contribution in [0.15, 0.2) is 200 Å². The van der Waals surface area contributed by atoms with Gasteiger partial charge in [0.05, 0.1) is 44.9 Å². The molecule has 0 amide bonds. The Morgan fingerprint density at radius 1 is 0.235 bits per heavy atom. The molecule has 10 aromatic carbocycles. The highest BCUT2D eigenvalue weighted by Gasteiger charge is 2.29. The Morgan fingerprint density at radius 2 is 0.500 bits per heavy atom. The van der Waals surface area contributed by atoms with Crippen molar-refractivity contribution in [2.75, 3.05) is 0 Å². The SMILES string of the molecule is [2H]c1c(C)[n+](C)c(-c2cc(C(C)C)ccc2C)c2ccc(C(CC)CC)cc12.[2H]c1c(C)[n+](C)c(-c2cc(C)cc(C)c2C)c2ccc(C(CC)CC)cc12.[2H]c1c(C)[n+](C)c(-c2cc(C)ccc2C)c2ccc(C(CC)CC)cc12.[2H]c1c(C)[n+](C)c(-c2cc(CC)cc(CC)c2C)c2ccc(C(CC)CC)cc12.[2H]c1c(C)[n+](C)c(-c2cc(CC)ccc2C)c2ccc(C(CC)CC)cc12. The molecule has 5 heteroatoms. The maximum Gasteiger partial charge on any atom is 0.220 e. The molecule has 0 saturated heterocycles. The summed E-state index contributed by atoms with van der Waals surface area (Å²) in [4.78, 5) is 0. The second kappa shape index (κ2) is 45.3. The van der Waals surface area contributed by atoms with E-state index in [1.165, 1.54) is 178 Å². The Labute approximate surface area is 806 Å². The van der Waals surface area contributed by atoms with Crippen LogP contribution in [0, 0.1) is 90.0 Å². The molecular weight excluding hydrogens is 1600 g/mol. The van der Waals surface area contributed by atoms with E-state index in [-0.39, 0.29) is 0 Å². The molecule has 0 bridgehead atoms. The molecule has 0 fully saturated rings. The van der Waals surface area contributed by atoms with Crippen LogP contribution in [0.1, 0.15) is 333 Å². The molecule has 5 aromatic heterocycles. The average Bonchev–Trinajstić information content (AvgIpc) is 0.707. The lowest BCUT2D eigenvalue weighted by molar-refractivity contribution is -0.665. The van der Waals surface area contributed by atoms with E-state index in [9.17, 15) is 0 Å². The Bertz CT molecular complexity index is 6940. The molecule has 0 N–H and O–H groups in total. The zero-order valence-electron chi connectivity index (χ0n) is 92.6. The number of fused-ring (bicyclic) bond motifs is 5. The highest BCUT2D eigenvalue weighted by molar-refractivity contribution is 5.99. The molecule has 0 atom stereocenters. The summed E-state index contributed by atoms with van der Waals surface area (Å²) in [5.41, 5.74) is 40.3. The predicted octanol–water partition coefficient (Wildman–Crippen LogP) is 33.0. The van der Waals surface area contributed by atoms with Crippen molar-refractivity contribution in [2.24, 2.45) is 35.2 Å². The van der Waals surface area contributed by atoms with Gasteiger partial charge in [-0.15, -0.1) is 0 Å². The molecule has 692 valence electrons. The Kier molecular flexibility index (Phi) is 32.4. The van der Waals surface area contributed by atoms with E-state index in [0.717, 1.165) is 139 Å². The van der Waals surface area contributed by atoms with E-state index in [1.807, 2.05) is 0 Å². The third kappa shape index (κ3) is 22.0. The normalized spacial score (nSPS) is 12.1. The van der Waals surface area contributed by atoms with Gasteiger partial charge in [0.2, 0.25) is 28.5 Å². The largest absolute Gasteiger partial charge is 0.220 e. The van der Waals surface area contributed by atoms with Crippen LogP contribution >= 0.6 is 0 Å². The van der Waals surface area contributed by atoms with Gasteiger partial charge in [0.25, 0.3) is 0 Å². The van der Waals surface area contributed by atoms with Crippen LogP contribution in [0.2, 0.25) is 0 Å². The fourth-order valence-electron chi connectivity index (χ4n) is 20.5. The molecule has 0 spiro atoms. The fourth-order valence-corrected chi connectivity index (χ4v) is 20.5. The van der Waals surface area contributed by atoms with Crippen molar-refractivity contribution in [1.82, 2.24) is 0 Å². The number of aromatic nitrogens is 5. The van der Waals surface area contributed by atoms with Crippen LogP contribution in [-0.2, 0) is 54.5 Å². The van der Waals surface area contributed by atoms with E-state index < -0.39 is 0 Å². The Hall–Kier alpha value is -10.8. The molecule has 15 rings (SSSR count). The highest BCUT2D eigenvalue weighted by atomic mass is 15.0. The van der Waals surface area contributed by atoms with Crippen molar-refractivity contribution < 1.29 is 29.7 Å². The summed E-state index contributed by atoms with van der Waals surface area (Å²) < 4.78 is 54.8. The van der Waals surface area contributed by atoms with Crippen LogP contribution in [0.25, 0.3) is 110 Å². The van der Waals surface area contributed by atoms with Crippen molar-refractivity contribution in [3.05, 3.63) is 323 Å². The lowest BCUT2D eigenvalue weighted by Gasteiger charge is -2.17. The van der Waals surface area contributed by atoms with E-state index in [2.05, 4.69) is 422 Å². The predicted molar refractivity (Wildman–Crippen MR) is 573 cm³/mol. The van der Waals surface area contributed by atoms with Crippen LogP contribution in [0.3, 0.4) is 0 Å². The Balaban J connectivity index is 0.000000164. The molecule has 132 heavy (non-hydrogen) atoms. The zero-order chi connectivity index (χ0) is 100. The number of benzene rings is 10. The molecule has 0 aliphatic rings. The number of pyridine rings is 5. The van der Waals surface area contributed by atoms with Crippen molar-refractivity contribution in [1.29, 1.82) is 0 Å². The van der Waals surface area contributed by atoms with Crippen molar-refractivity contribution in [3.8, 4) is 56.3 Å². The van der Waals surface area contributed by atoms with E-state index in [1.54, 1.807) is 0 Å². The summed E-state index contributed by atoms with van der Waals surface area (Å²) >= 11 is 0. The second-order valence-electron chi connectivity index (χ2n) is 38.6. The highest BCUT2D eigenvalue weighted by Crippen LogP contribution is 2.42. The molecule has 15 aromatic rings. The minimum atomic E-state index is 0.494. The van der Waals surface area contributed by atoms with Gasteiger partial charge in [0.15, 0.2) is 28.5 Å². The van der Waals surface area contributed by atoms with Gasteiger partial charge < -0.3 is 0 Å². The monoisotopic (exact) mass is 1760 g/mol. The lowest BCUT2D eigenvalue weighted by Crippen LogP contribution is -2.35. The molecule has 0 unspecified atom stereocenters. The second-order valence-corrected chi connectivity index (χ2v) is 38.6. The van der Waals surface area contributed by atoms with Crippen LogP contribution in [0.5, 0.6) is 0 Å². The summed E-state index contributed by atoms with van der Waals surface area (Å²) in [6.07, 6.45) is 14.5. The third-order valence-corrected chi connectivity index (χ3v) is 30.0. The average molecular weight is 1770 g/mol. The number of aryl methyl sites for hydroxylation is 9. The molecule has 5 nitrogen and oxygen atoms in total. The zero-order valence-corrected chi connectivity index (χ0v) is 87.6. The van der Waals surface area contributed by atoms with Crippen molar-refractivity contribution in [3.63, 3.8) is 0 Å². The first-order chi connectivity index (χ1) is 65.3. The van der Waals surface area contributed by atoms with E-state index in [4.69, 9.17) is 6.85 Å². The van der Waals surface area contributed by atoms with Crippen LogP contribution in [0.4, 0.5) is 0 Å². The third-order valence-electron chi connectivity index (χ3n) is 30.0. The topological polar surface area (TPSA) is 19.4 Å². The summed E-state index contributed by atoms with van der Waals surface area (Å²) in [6, 6.07) is 66.7. The standard InChI is InChI=1S/C27H36N.C26H34N.2C25H32N.C24H30N/c1-8-20-15-22(11-4)19(6)26(16-20)27-25-13-12-23(21(9-2)10-3)17-24(25)14-18(5)28(27)7;1-8-20(9-2)22-12-13-24-23(15-22)14-19(6)27(7)26(24)25-16-21(17(3)4)11-10-18(25)5;1-8-20(9-2)21-10-11-23-22(15-21)14-18(5)26(7)25(23)24-13-16(3)12-17(4)19(24)6;1-7-19-11-10-17(4)24(15-19)25-23-13-12-21(20(8-2)9-3)16-22(23)14-18(5)26(25)6;1-7-19(8-2)20-11-12-22-21(15-20)14-18(5)25(6)24(22)23-13-16(3)9-10-17(23)4/h12-17,21H,8-11H2,1-7H3;10-17,20H,8-9H2,1-7H3;10-15,20H,8-9H2,1-7H3;10-16,20H,7-9H2,1-6H3;9-15,19H,7-8H2,1-6H3/q5*+1/i5*14D. The summed E-state index contributed by atoms with van der Waals surface area (Å²) in [5, 5.41) is 11.3. The van der Waals surface area contributed by atoms with E-state index in [0.29, 0.717) is 65.7 Å². The minimum absolute atomic E-state index is 0.494. The van der Waals surface area contributed by atoms with Gasteiger partial charge in [-0.1, -0.05) is 224 Å². The van der Waals surface area contributed by atoms with Gasteiger partial charge in [0, 0.05) is 81.5 Å². The van der Waals surface area contributed by atoms with Gasteiger partial charge in [0.1, 0.15) is 35.2 Å². The van der Waals surface area contributed by atoms with Gasteiger partial charge in [-0.3, -0.25) is 0 Å². The lowest BCUT2D eigenvalue weighted by atomic mass is 9.89. The van der Waals surface area contributed by atoms with E-state index >= 15 is 0 Å². The van der Waals surface area contributed by atoms with Gasteiger partial charge >= 0.3 is 0 Å².